The molecule has 0 saturated heterocycles. The molecule has 0 atom stereocenters. The lowest BCUT2D eigenvalue weighted by Gasteiger charge is -2.05. The zero-order chi connectivity index (χ0) is 15.2. The molecule has 0 aliphatic rings. The molecule has 0 unspecified atom stereocenters. The van der Waals surface area contributed by atoms with Gasteiger partial charge < -0.3 is 4.98 Å². The number of aromatic amines is 1. The number of halogens is 2. The van der Waals surface area contributed by atoms with Crippen molar-refractivity contribution in [1.29, 1.82) is 0 Å². The van der Waals surface area contributed by atoms with E-state index in [4.69, 9.17) is 11.6 Å². The van der Waals surface area contributed by atoms with Crippen LogP contribution in [0.25, 0.3) is 10.9 Å². The molecule has 3 nitrogen and oxygen atoms in total. The molecule has 1 N–H and O–H groups in total. The van der Waals surface area contributed by atoms with Gasteiger partial charge in [0.05, 0.1) is 4.90 Å². The maximum atomic E-state index is 13.5. The lowest BCUT2D eigenvalue weighted by atomic mass is 10.2. The molecule has 0 aliphatic heterocycles. The number of rotatable bonds is 2. The highest BCUT2D eigenvalue weighted by atomic mass is 35.5. The smallest absolute Gasteiger partial charge is 0.209 e. The van der Waals surface area contributed by atoms with E-state index in [-0.39, 0.29) is 9.79 Å². The van der Waals surface area contributed by atoms with Gasteiger partial charge in [-0.1, -0.05) is 17.7 Å². The standard InChI is InChI=1S/C15H11ClFNO2S/c1-9-15(13-8-11(17)5-6-14(13)18-9)21(19,20)12-4-2-3-10(16)7-12/h2-8,18H,1H3. The van der Waals surface area contributed by atoms with Crippen LogP contribution in [0.1, 0.15) is 5.69 Å². The first kappa shape index (κ1) is 14.1. The summed E-state index contributed by atoms with van der Waals surface area (Å²) in [7, 11) is -3.77. The summed E-state index contributed by atoms with van der Waals surface area (Å²) >= 11 is 5.86. The average Bonchev–Trinajstić information content (AvgIpc) is 2.74. The Hall–Kier alpha value is -1.85. The normalized spacial score (nSPS) is 12.0. The predicted octanol–water partition coefficient (Wildman–Crippen LogP) is 4.10. The van der Waals surface area contributed by atoms with Gasteiger partial charge in [-0.25, -0.2) is 12.8 Å². The molecule has 3 aromatic rings. The van der Waals surface area contributed by atoms with Gasteiger partial charge in [-0.15, -0.1) is 0 Å². The third-order valence-electron chi connectivity index (χ3n) is 3.26. The highest BCUT2D eigenvalue weighted by molar-refractivity contribution is 7.91. The first-order chi connectivity index (χ1) is 9.89. The van der Waals surface area contributed by atoms with Crippen molar-refractivity contribution in [2.24, 2.45) is 0 Å². The molecule has 0 radical (unpaired) electrons. The lowest BCUT2D eigenvalue weighted by Crippen LogP contribution is -2.03. The fourth-order valence-corrected chi connectivity index (χ4v) is 4.32. The van der Waals surface area contributed by atoms with E-state index < -0.39 is 15.7 Å². The highest BCUT2D eigenvalue weighted by Gasteiger charge is 2.25. The summed E-state index contributed by atoms with van der Waals surface area (Å²) in [6.07, 6.45) is 0. The van der Waals surface area contributed by atoms with E-state index in [1.54, 1.807) is 19.1 Å². The number of benzene rings is 2. The first-order valence-electron chi connectivity index (χ1n) is 6.18. The molecular weight excluding hydrogens is 313 g/mol. The molecule has 0 aliphatic carbocycles. The lowest BCUT2D eigenvalue weighted by molar-refractivity contribution is 0.596. The van der Waals surface area contributed by atoms with Crippen LogP contribution in [0.15, 0.2) is 52.3 Å². The van der Waals surface area contributed by atoms with Gasteiger partial charge in [0, 0.05) is 21.6 Å². The molecule has 0 spiro atoms. The Morgan fingerprint density at radius 2 is 1.90 bits per heavy atom. The van der Waals surface area contributed by atoms with E-state index in [1.165, 1.54) is 30.3 Å². The van der Waals surface area contributed by atoms with Crippen LogP contribution in [0.2, 0.25) is 5.02 Å². The number of nitrogens with one attached hydrogen (secondary N) is 1. The van der Waals surface area contributed by atoms with Crippen LogP contribution < -0.4 is 0 Å². The molecular formula is C15H11ClFNO2S. The van der Waals surface area contributed by atoms with Crippen molar-refractivity contribution in [3.05, 3.63) is 59.0 Å². The van der Waals surface area contributed by atoms with Crippen LogP contribution in [0.4, 0.5) is 4.39 Å². The predicted molar refractivity (Wildman–Crippen MR) is 79.9 cm³/mol. The fraction of sp³-hybridized carbons (Fsp3) is 0.0667. The van der Waals surface area contributed by atoms with Gasteiger partial charge in [-0.2, -0.15) is 0 Å². The van der Waals surface area contributed by atoms with Gasteiger partial charge in [0.25, 0.3) is 0 Å². The number of hydrogen-bond donors (Lipinski definition) is 1. The van der Waals surface area contributed by atoms with E-state index in [2.05, 4.69) is 4.98 Å². The summed E-state index contributed by atoms with van der Waals surface area (Å²) in [6.45, 7) is 1.65. The van der Waals surface area contributed by atoms with Crippen molar-refractivity contribution < 1.29 is 12.8 Å². The second-order valence-electron chi connectivity index (χ2n) is 4.73. The first-order valence-corrected chi connectivity index (χ1v) is 8.04. The van der Waals surface area contributed by atoms with Gasteiger partial charge in [0.1, 0.15) is 10.7 Å². The average molecular weight is 324 g/mol. The molecule has 2 aromatic carbocycles. The summed E-state index contributed by atoms with van der Waals surface area (Å²) in [5.41, 5.74) is 1.05. The maximum absolute atomic E-state index is 13.5. The van der Waals surface area contributed by atoms with Gasteiger partial charge in [-0.05, 0) is 43.3 Å². The van der Waals surface area contributed by atoms with E-state index in [1.807, 2.05) is 0 Å². The van der Waals surface area contributed by atoms with E-state index in [9.17, 15) is 12.8 Å². The Bertz CT molecular complexity index is 947. The minimum absolute atomic E-state index is 0.0827. The van der Waals surface area contributed by atoms with E-state index >= 15 is 0 Å². The van der Waals surface area contributed by atoms with Crippen molar-refractivity contribution in [1.82, 2.24) is 4.98 Å². The molecule has 6 heteroatoms. The molecule has 0 saturated carbocycles. The van der Waals surface area contributed by atoms with Crippen LogP contribution in [0.5, 0.6) is 0 Å². The SMILES string of the molecule is Cc1[nH]c2ccc(F)cc2c1S(=O)(=O)c1cccc(Cl)c1. The van der Waals surface area contributed by atoms with Gasteiger partial charge in [-0.3, -0.25) is 0 Å². The molecule has 1 aromatic heterocycles. The zero-order valence-electron chi connectivity index (χ0n) is 11.0. The third kappa shape index (κ3) is 2.32. The summed E-state index contributed by atoms with van der Waals surface area (Å²) in [5, 5.41) is 0.673. The molecule has 1 heterocycles. The number of sulfone groups is 1. The molecule has 0 amide bonds. The minimum atomic E-state index is -3.77. The number of hydrogen-bond acceptors (Lipinski definition) is 2. The molecule has 21 heavy (non-hydrogen) atoms. The van der Waals surface area contributed by atoms with Gasteiger partial charge in [0.2, 0.25) is 9.84 Å². The summed E-state index contributed by atoms with van der Waals surface area (Å²) in [5.74, 6) is -0.482. The molecule has 3 rings (SSSR count). The second kappa shape index (κ2) is 4.86. The van der Waals surface area contributed by atoms with Gasteiger partial charge in [0.15, 0.2) is 0 Å². The Kier molecular flexibility index (Phi) is 3.26. The Morgan fingerprint density at radius 1 is 1.14 bits per heavy atom. The van der Waals surface area contributed by atoms with Crippen LogP contribution in [0.3, 0.4) is 0 Å². The third-order valence-corrected chi connectivity index (χ3v) is 5.44. The maximum Gasteiger partial charge on any atom is 0.209 e. The summed E-state index contributed by atoms with van der Waals surface area (Å²) < 4.78 is 39.0. The van der Waals surface area contributed by atoms with Crippen molar-refractivity contribution in [2.75, 3.05) is 0 Å². The number of aryl methyl sites for hydroxylation is 1. The van der Waals surface area contributed by atoms with Gasteiger partial charge >= 0.3 is 0 Å². The monoisotopic (exact) mass is 323 g/mol. The zero-order valence-corrected chi connectivity index (χ0v) is 12.6. The summed E-state index contributed by atoms with van der Waals surface area (Å²) in [6, 6.07) is 10.1. The Balaban J connectivity index is 2.33. The van der Waals surface area contributed by atoms with Crippen LogP contribution in [-0.2, 0) is 9.84 Å². The number of H-pyrrole nitrogens is 1. The van der Waals surface area contributed by atoms with Crippen molar-refractivity contribution >= 4 is 32.3 Å². The van der Waals surface area contributed by atoms with E-state index in [0.29, 0.717) is 21.6 Å². The molecule has 0 fully saturated rings. The summed E-state index contributed by atoms with van der Waals surface area (Å²) in [4.78, 5) is 3.13. The van der Waals surface area contributed by atoms with Crippen LogP contribution in [-0.4, -0.2) is 13.4 Å². The Morgan fingerprint density at radius 3 is 2.62 bits per heavy atom. The van der Waals surface area contributed by atoms with E-state index in [0.717, 1.165) is 0 Å². The largest absolute Gasteiger partial charge is 0.358 e. The van der Waals surface area contributed by atoms with Crippen molar-refractivity contribution in [3.63, 3.8) is 0 Å². The fourth-order valence-electron chi connectivity index (χ4n) is 2.37. The topological polar surface area (TPSA) is 49.9 Å². The number of aromatic nitrogens is 1. The van der Waals surface area contributed by atoms with Crippen LogP contribution in [0, 0.1) is 12.7 Å². The van der Waals surface area contributed by atoms with Crippen LogP contribution >= 0.6 is 11.6 Å². The Labute approximate surface area is 126 Å². The molecule has 0 bridgehead atoms. The highest BCUT2D eigenvalue weighted by Crippen LogP contribution is 2.32. The molecule has 108 valence electrons. The second-order valence-corrected chi connectivity index (χ2v) is 7.05. The minimum Gasteiger partial charge on any atom is -0.358 e. The van der Waals surface area contributed by atoms with Crippen molar-refractivity contribution in [2.45, 2.75) is 16.7 Å². The quantitative estimate of drug-likeness (QED) is 0.771. The number of fused-ring (bicyclic) bond motifs is 1. The van der Waals surface area contributed by atoms with Crippen molar-refractivity contribution in [3.8, 4) is 0 Å².